The van der Waals surface area contributed by atoms with Crippen molar-refractivity contribution in [3.63, 3.8) is 0 Å². The minimum Gasteiger partial charge on any atom is -0.396 e. The fraction of sp³-hybridized carbons (Fsp3) is 1.00. The molecule has 0 bridgehead atoms. The lowest BCUT2D eigenvalue weighted by atomic mass is 10.0. The first-order valence-corrected chi connectivity index (χ1v) is 10.6. The Bertz CT molecular complexity index is 261. The molecule has 0 rings (SSSR count). The van der Waals surface area contributed by atoms with Gasteiger partial charge in [-0.05, 0) is 19.3 Å². The SMILES string of the molecule is CCCCCCC(CCCCCCCCCCCO)OS(=O)O. The molecule has 0 saturated carbocycles. The van der Waals surface area contributed by atoms with E-state index in [4.69, 9.17) is 13.8 Å². The maximum absolute atomic E-state index is 10.9. The summed E-state index contributed by atoms with van der Waals surface area (Å²) in [6, 6.07) is 0. The molecule has 4 nitrogen and oxygen atoms in total. The Hall–Kier alpha value is 0.0300. The first kappa shape index (κ1) is 23.0. The average Bonchev–Trinajstić information content (AvgIpc) is 2.52. The van der Waals surface area contributed by atoms with Gasteiger partial charge >= 0.3 is 11.4 Å². The van der Waals surface area contributed by atoms with Crippen LogP contribution in [-0.2, 0) is 15.5 Å². The first-order valence-electron chi connectivity index (χ1n) is 9.59. The van der Waals surface area contributed by atoms with E-state index in [0.29, 0.717) is 6.61 Å². The maximum Gasteiger partial charge on any atom is 0.302 e. The summed E-state index contributed by atoms with van der Waals surface area (Å²) in [7, 11) is 0. The smallest absolute Gasteiger partial charge is 0.302 e. The predicted molar refractivity (Wildman–Crippen MR) is 97.7 cm³/mol. The third-order valence-electron chi connectivity index (χ3n) is 4.28. The normalized spacial score (nSPS) is 14.0. The second-order valence-electron chi connectivity index (χ2n) is 6.48. The Kier molecular flexibility index (Phi) is 18.4. The van der Waals surface area contributed by atoms with E-state index >= 15 is 0 Å². The number of rotatable bonds is 18. The third-order valence-corrected chi connectivity index (χ3v) is 4.72. The quantitative estimate of drug-likeness (QED) is 0.257. The van der Waals surface area contributed by atoms with Gasteiger partial charge < -0.3 is 5.11 Å². The highest BCUT2D eigenvalue weighted by Crippen LogP contribution is 2.17. The second kappa shape index (κ2) is 18.4. The fourth-order valence-corrected chi connectivity index (χ4v) is 3.30. The van der Waals surface area contributed by atoms with Crippen LogP contribution in [0.15, 0.2) is 0 Å². The van der Waals surface area contributed by atoms with Crippen molar-refractivity contribution in [1.82, 2.24) is 0 Å². The standard InChI is InChI=1S/C18H38O4S/c1-2-3-4-12-15-18(22-23(20)21)16-13-10-8-6-5-7-9-11-14-17-19/h18-19H,2-17H2,1H3,(H,20,21). The molecular weight excluding hydrogens is 312 g/mol. The molecule has 0 radical (unpaired) electrons. The zero-order valence-corrected chi connectivity index (χ0v) is 15.8. The van der Waals surface area contributed by atoms with Gasteiger partial charge in [-0.15, -0.1) is 0 Å². The van der Waals surface area contributed by atoms with Crippen LogP contribution in [0.5, 0.6) is 0 Å². The Morgan fingerprint density at radius 1 is 0.783 bits per heavy atom. The van der Waals surface area contributed by atoms with Gasteiger partial charge in [-0.1, -0.05) is 84.0 Å². The maximum atomic E-state index is 10.9. The van der Waals surface area contributed by atoms with Crippen molar-refractivity contribution < 1.29 is 18.1 Å². The van der Waals surface area contributed by atoms with Crippen LogP contribution in [0, 0.1) is 0 Å². The van der Waals surface area contributed by atoms with Crippen molar-refractivity contribution in [1.29, 1.82) is 0 Å². The van der Waals surface area contributed by atoms with Gasteiger partial charge in [-0.2, -0.15) is 4.21 Å². The summed E-state index contributed by atoms with van der Waals surface area (Å²) in [5, 5.41) is 8.70. The number of aliphatic hydroxyl groups is 1. The van der Waals surface area contributed by atoms with Crippen LogP contribution >= 0.6 is 0 Å². The van der Waals surface area contributed by atoms with Crippen LogP contribution in [0.4, 0.5) is 0 Å². The van der Waals surface area contributed by atoms with Crippen molar-refractivity contribution >= 4 is 11.4 Å². The van der Waals surface area contributed by atoms with Crippen LogP contribution < -0.4 is 0 Å². The minimum absolute atomic E-state index is 0.0591. The predicted octanol–water partition coefficient (Wildman–Crippen LogP) is 5.37. The van der Waals surface area contributed by atoms with Crippen molar-refractivity contribution in [3.8, 4) is 0 Å². The number of unbranched alkanes of at least 4 members (excludes halogenated alkanes) is 11. The molecule has 0 heterocycles. The molecule has 0 aromatic carbocycles. The lowest BCUT2D eigenvalue weighted by Crippen LogP contribution is -2.14. The molecule has 140 valence electrons. The Morgan fingerprint density at radius 3 is 1.65 bits per heavy atom. The van der Waals surface area contributed by atoms with Crippen LogP contribution in [0.1, 0.15) is 103 Å². The largest absolute Gasteiger partial charge is 0.396 e. The molecule has 2 atom stereocenters. The van der Waals surface area contributed by atoms with E-state index in [1.807, 2.05) is 0 Å². The van der Waals surface area contributed by atoms with Crippen LogP contribution in [0.25, 0.3) is 0 Å². The van der Waals surface area contributed by atoms with Crippen molar-refractivity contribution in [2.45, 2.75) is 109 Å². The lowest BCUT2D eigenvalue weighted by molar-refractivity contribution is 0.175. The molecule has 0 aliphatic carbocycles. The summed E-state index contributed by atoms with van der Waals surface area (Å²) in [6.07, 6.45) is 17.1. The molecule has 2 N–H and O–H groups in total. The van der Waals surface area contributed by atoms with Crippen LogP contribution in [0.2, 0.25) is 0 Å². The Morgan fingerprint density at radius 2 is 1.22 bits per heavy atom. The molecule has 0 aliphatic heterocycles. The monoisotopic (exact) mass is 350 g/mol. The van der Waals surface area contributed by atoms with E-state index < -0.39 is 11.4 Å². The van der Waals surface area contributed by atoms with E-state index in [-0.39, 0.29) is 6.10 Å². The van der Waals surface area contributed by atoms with Crippen LogP contribution in [0.3, 0.4) is 0 Å². The summed E-state index contributed by atoms with van der Waals surface area (Å²) in [6.45, 7) is 2.50. The van der Waals surface area contributed by atoms with E-state index in [1.54, 1.807) is 0 Å². The molecule has 0 amide bonds. The van der Waals surface area contributed by atoms with E-state index in [0.717, 1.165) is 38.5 Å². The highest BCUT2D eigenvalue weighted by atomic mass is 32.2. The highest BCUT2D eigenvalue weighted by Gasteiger charge is 2.12. The molecule has 2 unspecified atom stereocenters. The number of hydrogen-bond acceptors (Lipinski definition) is 3. The Balaban J connectivity index is 3.52. The van der Waals surface area contributed by atoms with Gasteiger partial charge in [0.05, 0.1) is 6.10 Å². The van der Waals surface area contributed by atoms with Crippen LogP contribution in [-0.4, -0.2) is 26.6 Å². The first-order chi connectivity index (χ1) is 11.2. The fourth-order valence-electron chi connectivity index (χ4n) is 2.88. The summed E-state index contributed by atoms with van der Waals surface area (Å²) in [4.78, 5) is 0. The van der Waals surface area contributed by atoms with Gasteiger partial charge in [0.15, 0.2) is 0 Å². The third kappa shape index (κ3) is 18.2. The van der Waals surface area contributed by atoms with E-state index in [2.05, 4.69) is 6.92 Å². The molecule has 5 heteroatoms. The number of aliphatic hydroxyl groups excluding tert-OH is 1. The summed E-state index contributed by atoms with van der Waals surface area (Å²) >= 11 is -2.14. The van der Waals surface area contributed by atoms with Crippen molar-refractivity contribution in [2.24, 2.45) is 0 Å². The lowest BCUT2D eigenvalue weighted by Gasteiger charge is -2.14. The second-order valence-corrected chi connectivity index (χ2v) is 7.11. The minimum atomic E-state index is -2.14. The molecule has 0 spiro atoms. The van der Waals surface area contributed by atoms with Crippen molar-refractivity contribution in [2.75, 3.05) is 6.61 Å². The van der Waals surface area contributed by atoms with Gasteiger partial charge in [0, 0.05) is 6.61 Å². The average molecular weight is 351 g/mol. The molecule has 0 aromatic heterocycles. The molecule has 0 saturated heterocycles. The highest BCUT2D eigenvalue weighted by molar-refractivity contribution is 7.74. The van der Waals surface area contributed by atoms with E-state index in [9.17, 15) is 4.21 Å². The molecule has 0 fully saturated rings. The topological polar surface area (TPSA) is 66.8 Å². The van der Waals surface area contributed by atoms with Gasteiger partial charge in [0.25, 0.3) is 0 Å². The molecule has 0 aliphatic rings. The molecule has 0 aromatic rings. The van der Waals surface area contributed by atoms with Gasteiger partial charge in [0.2, 0.25) is 0 Å². The van der Waals surface area contributed by atoms with Crippen molar-refractivity contribution in [3.05, 3.63) is 0 Å². The van der Waals surface area contributed by atoms with Gasteiger partial charge in [-0.25, -0.2) is 0 Å². The molecule has 23 heavy (non-hydrogen) atoms. The zero-order chi connectivity index (χ0) is 17.2. The Labute approximate surface area is 145 Å². The summed E-state index contributed by atoms with van der Waals surface area (Å²) in [5.41, 5.74) is 0. The van der Waals surface area contributed by atoms with E-state index in [1.165, 1.54) is 57.8 Å². The van der Waals surface area contributed by atoms with Gasteiger partial charge in [0.1, 0.15) is 0 Å². The number of hydrogen-bond donors (Lipinski definition) is 2. The summed E-state index contributed by atoms with van der Waals surface area (Å²) < 4.78 is 24.9. The summed E-state index contributed by atoms with van der Waals surface area (Å²) in [5.74, 6) is 0. The zero-order valence-electron chi connectivity index (χ0n) is 15.0. The van der Waals surface area contributed by atoms with Gasteiger partial charge in [-0.3, -0.25) is 8.74 Å². The molecular formula is C18H38O4S.